The van der Waals surface area contributed by atoms with E-state index < -0.39 is 15.8 Å². The van der Waals surface area contributed by atoms with Crippen molar-refractivity contribution in [1.29, 1.82) is 0 Å². The minimum absolute atomic E-state index is 0.0499. The van der Waals surface area contributed by atoms with E-state index in [0.29, 0.717) is 13.0 Å². The van der Waals surface area contributed by atoms with Gasteiger partial charge in [-0.25, -0.2) is 12.8 Å². The van der Waals surface area contributed by atoms with Crippen LogP contribution >= 0.6 is 0 Å². The smallest absolute Gasteiger partial charge is 0.243 e. The summed E-state index contributed by atoms with van der Waals surface area (Å²) in [4.78, 5) is -0.0499. The van der Waals surface area contributed by atoms with E-state index in [2.05, 4.69) is 0 Å². The van der Waals surface area contributed by atoms with Crippen LogP contribution in [0.5, 0.6) is 5.75 Å². The predicted octanol–water partition coefficient (Wildman–Crippen LogP) is 2.28. The Hall–Kier alpha value is -1.92. The molecule has 0 radical (unpaired) electrons. The molecule has 110 valence electrons. The summed E-state index contributed by atoms with van der Waals surface area (Å²) in [6.45, 7) is 0.527. The highest BCUT2D eigenvalue weighted by molar-refractivity contribution is 7.89. The van der Waals surface area contributed by atoms with Crippen molar-refractivity contribution >= 4 is 10.0 Å². The lowest BCUT2D eigenvalue weighted by molar-refractivity contribution is 0.388. The number of phenols is 1. The number of halogens is 1. The molecule has 6 heteroatoms. The minimum Gasteiger partial charge on any atom is -0.508 e. The lowest BCUT2D eigenvalue weighted by Gasteiger charge is -2.28. The van der Waals surface area contributed by atoms with Crippen molar-refractivity contribution in [3.63, 3.8) is 0 Å². The molecule has 21 heavy (non-hydrogen) atoms. The molecule has 1 N–H and O–H groups in total. The summed E-state index contributed by atoms with van der Waals surface area (Å²) in [6, 6.07) is 9.97. The zero-order chi connectivity index (χ0) is 15.0. The first-order chi connectivity index (χ1) is 9.96. The summed E-state index contributed by atoms with van der Waals surface area (Å²) in [7, 11) is -3.73. The van der Waals surface area contributed by atoms with Crippen molar-refractivity contribution in [3.05, 3.63) is 59.4 Å². The Morgan fingerprint density at radius 2 is 1.90 bits per heavy atom. The molecule has 1 heterocycles. The van der Waals surface area contributed by atoms with Crippen LogP contribution in [0.1, 0.15) is 11.1 Å². The first-order valence-corrected chi connectivity index (χ1v) is 7.97. The number of phenolic OH excluding ortho intramolecular Hbond substituents is 1. The molecule has 0 bridgehead atoms. The molecule has 0 saturated carbocycles. The summed E-state index contributed by atoms with van der Waals surface area (Å²) < 4.78 is 39.6. The van der Waals surface area contributed by atoms with Crippen molar-refractivity contribution < 1.29 is 17.9 Å². The zero-order valence-electron chi connectivity index (χ0n) is 11.2. The fourth-order valence-corrected chi connectivity index (χ4v) is 3.95. The SMILES string of the molecule is O=S(=O)(c1cccc(F)c1)N1CCc2ccc(O)cc2C1. The maximum absolute atomic E-state index is 13.2. The zero-order valence-corrected chi connectivity index (χ0v) is 12.0. The van der Waals surface area contributed by atoms with Gasteiger partial charge in [0.2, 0.25) is 10.0 Å². The lowest BCUT2D eigenvalue weighted by atomic mass is 10.0. The summed E-state index contributed by atoms with van der Waals surface area (Å²) in [5.41, 5.74) is 1.81. The van der Waals surface area contributed by atoms with E-state index in [1.807, 2.05) is 0 Å². The summed E-state index contributed by atoms with van der Waals surface area (Å²) >= 11 is 0. The second-order valence-corrected chi connectivity index (χ2v) is 6.94. The van der Waals surface area contributed by atoms with E-state index in [9.17, 15) is 17.9 Å². The van der Waals surface area contributed by atoms with Crippen molar-refractivity contribution in [2.45, 2.75) is 17.9 Å². The van der Waals surface area contributed by atoms with Crippen molar-refractivity contribution in [1.82, 2.24) is 4.31 Å². The van der Waals surface area contributed by atoms with E-state index in [0.717, 1.165) is 17.2 Å². The summed E-state index contributed by atoms with van der Waals surface area (Å²) in [5, 5.41) is 9.51. The molecule has 0 aromatic heterocycles. The van der Waals surface area contributed by atoms with Gasteiger partial charge in [-0.1, -0.05) is 12.1 Å². The first-order valence-electron chi connectivity index (χ1n) is 6.53. The highest BCUT2D eigenvalue weighted by Crippen LogP contribution is 2.27. The molecule has 2 aromatic rings. The second-order valence-electron chi connectivity index (χ2n) is 5.00. The normalized spacial score (nSPS) is 15.7. The Morgan fingerprint density at radius 1 is 1.10 bits per heavy atom. The third kappa shape index (κ3) is 2.64. The van der Waals surface area contributed by atoms with Crippen molar-refractivity contribution in [2.24, 2.45) is 0 Å². The number of hydrogen-bond acceptors (Lipinski definition) is 3. The highest BCUT2D eigenvalue weighted by atomic mass is 32.2. The topological polar surface area (TPSA) is 57.6 Å². The standard InChI is InChI=1S/C15H14FNO3S/c16-13-2-1-3-15(9-13)21(19,20)17-7-6-11-4-5-14(18)8-12(11)10-17/h1-5,8-9,18H,6-7,10H2. The van der Waals surface area contributed by atoms with Crippen LogP contribution in [-0.4, -0.2) is 24.4 Å². The predicted molar refractivity (Wildman–Crippen MR) is 75.8 cm³/mol. The molecule has 0 aliphatic carbocycles. The van der Waals surface area contributed by atoms with Gasteiger partial charge in [-0.15, -0.1) is 0 Å². The quantitative estimate of drug-likeness (QED) is 0.926. The monoisotopic (exact) mass is 307 g/mol. The van der Waals surface area contributed by atoms with Crippen LogP contribution in [0.2, 0.25) is 0 Å². The third-order valence-electron chi connectivity index (χ3n) is 3.60. The fraction of sp³-hybridized carbons (Fsp3) is 0.200. The minimum atomic E-state index is -3.73. The molecule has 1 aliphatic rings. The van der Waals surface area contributed by atoms with Crippen LogP contribution < -0.4 is 0 Å². The van der Waals surface area contributed by atoms with Gasteiger partial charge < -0.3 is 5.11 Å². The lowest BCUT2D eigenvalue weighted by Crippen LogP contribution is -2.35. The first kappa shape index (κ1) is 14.0. The molecular formula is C15H14FNO3S. The van der Waals surface area contributed by atoms with Crippen LogP contribution in [-0.2, 0) is 23.0 Å². The largest absolute Gasteiger partial charge is 0.508 e. The Labute approximate surface area is 122 Å². The molecule has 0 saturated heterocycles. The van der Waals surface area contributed by atoms with Gasteiger partial charge in [0.25, 0.3) is 0 Å². The summed E-state index contributed by atoms with van der Waals surface area (Å²) in [5.74, 6) is -0.468. The second kappa shape index (κ2) is 5.13. The van der Waals surface area contributed by atoms with Crippen LogP contribution in [0.15, 0.2) is 47.4 Å². The Kier molecular flexibility index (Phi) is 3.43. The Bertz CT molecular complexity index is 789. The van der Waals surface area contributed by atoms with Crippen LogP contribution in [0.4, 0.5) is 4.39 Å². The Balaban J connectivity index is 1.95. The van der Waals surface area contributed by atoms with E-state index >= 15 is 0 Å². The number of aromatic hydroxyl groups is 1. The van der Waals surface area contributed by atoms with Crippen LogP contribution in [0.3, 0.4) is 0 Å². The molecule has 0 unspecified atom stereocenters. The van der Waals surface area contributed by atoms with Gasteiger partial charge in [0, 0.05) is 13.1 Å². The molecule has 0 atom stereocenters. The molecule has 0 amide bonds. The average Bonchev–Trinajstić information content (AvgIpc) is 2.46. The number of hydrogen-bond donors (Lipinski definition) is 1. The van der Waals surface area contributed by atoms with E-state index in [1.165, 1.54) is 22.5 Å². The van der Waals surface area contributed by atoms with Crippen LogP contribution in [0, 0.1) is 5.82 Å². The van der Waals surface area contributed by atoms with Gasteiger partial charge in [-0.05, 0) is 47.9 Å². The third-order valence-corrected chi connectivity index (χ3v) is 5.44. The van der Waals surface area contributed by atoms with E-state index in [-0.39, 0.29) is 17.2 Å². The average molecular weight is 307 g/mol. The number of nitrogens with zero attached hydrogens (tertiary/aromatic N) is 1. The van der Waals surface area contributed by atoms with Gasteiger partial charge in [0.1, 0.15) is 11.6 Å². The van der Waals surface area contributed by atoms with Crippen molar-refractivity contribution in [2.75, 3.05) is 6.54 Å². The molecule has 3 rings (SSSR count). The van der Waals surface area contributed by atoms with Gasteiger partial charge in [0.15, 0.2) is 0 Å². The van der Waals surface area contributed by atoms with Gasteiger partial charge >= 0.3 is 0 Å². The number of fused-ring (bicyclic) bond motifs is 1. The summed E-state index contributed by atoms with van der Waals surface area (Å²) in [6.07, 6.45) is 0.574. The van der Waals surface area contributed by atoms with Crippen LogP contribution in [0.25, 0.3) is 0 Å². The highest BCUT2D eigenvalue weighted by Gasteiger charge is 2.28. The molecule has 0 fully saturated rings. The van der Waals surface area contributed by atoms with Gasteiger partial charge in [0.05, 0.1) is 4.90 Å². The van der Waals surface area contributed by atoms with Gasteiger partial charge in [-0.3, -0.25) is 0 Å². The molecule has 1 aliphatic heterocycles. The Morgan fingerprint density at radius 3 is 2.67 bits per heavy atom. The maximum atomic E-state index is 13.2. The molecular weight excluding hydrogens is 293 g/mol. The molecule has 0 spiro atoms. The maximum Gasteiger partial charge on any atom is 0.243 e. The van der Waals surface area contributed by atoms with Gasteiger partial charge in [-0.2, -0.15) is 4.31 Å². The van der Waals surface area contributed by atoms with Crippen molar-refractivity contribution in [3.8, 4) is 5.75 Å². The number of rotatable bonds is 2. The molecule has 2 aromatic carbocycles. The molecule has 4 nitrogen and oxygen atoms in total. The number of benzene rings is 2. The fourth-order valence-electron chi connectivity index (χ4n) is 2.50. The number of sulfonamides is 1. The van der Waals surface area contributed by atoms with E-state index in [1.54, 1.807) is 18.2 Å². The van der Waals surface area contributed by atoms with E-state index in [4.69, 9.17) is 0 Å².